The third-order valence-corrected chi connectivity index (χ3v) is 6.29. The quantitative estimate of drug-likeness (QED) is 0.761. The summed E-state index contributed by atoms with van der Waals surface area (Å²) < 4.78 is 0. The molecule has 1 aromatic carbocycles. The van der Waals surface area contributed by atoms with Crippen LogP contribution in [-0.4, -0.2) is 52.5 Å². The number of benzene rings is 1. The van der Waals surface area contributed by atoms with Crippen LogP contribution in [0.4, 0.5) is 5.69 Å². The number of amides is 3. The number of nitrogens with zero attached hydrogens (tertiary/aromatic N) is 3. The predicted molar refractivity (Wildman–Crippen MR) is 110 cm³/mol. The molecule has 150 valence electrons. The van der Waals surface area contributed by atoms with E-state index in [2.05, 4.69) is 10.3 Å². The third-order valence-electron chi connectivity index (χ3n) is 5.05. The van der Waals surface area contributed by atoms with E-state index in [0.29, 0.717) is 25.3 Å². The molecular formula is C21H22N4O3S. The minimum absolute atomic E-state index is 0.125. The average molecular weight is 410 g/mol. The van der Waals surface area contributed by atoms with Crippen LogP contribution < -0.4 is 10.2 Å². The lowest BCUT2D eigenvalue weighted by molar-refractivity contribution is -0.134. The maximum absolute atomic E-state index is 13.2. The molecule has 2 aliphatic heterocycles. The van der Waals surface area contributed by atoms with Crippen LogP contribution in [-0.2, 0) is 20.9 Å². The van der Waals surface area contributed by atoms with Crippen LogP contribution in [0, 0.1) is 0 Å². The summed E-state index contributed by atoms with van der Waals surface area (Å²) in [4.78, 5) is 46.7. The molecule has 4 rings (SSSR count). The lowest BCUT2D eigenvalue weighted by Gasteiger charge is -2.34. The van der Waals surface area contributed by atoms with Gasteiger partial charge in [-0.15, -0.1) is 11.8 Å². The fourth-order valence-corrected chi connectivity index (χ4v) is 4.73. The number of carbonyl (C=O) groups is 3. The number of carbonyl (C=O) groups excluding carboxylic acids is 3. The Labute approximate surface area is 173 Å². The van der Waals surface area contributed by atoms with Gasteiger partial charge in [-0.1, -0.05) is 18.2 Å². The van der Waals surface area contributed by atoms with Gasteiger partial charge in [0.05, 0.1) is 5.69 Å². The Balaban J connectivity index is 1.50. The standard InChI is InChI=1S/C21H22N4O3S/c26-18(23-13-15-6-5-9-22-12-15)14-25-16-7-1-2-8-17(16)29-19(21(25)28)20(27)24-10-3-4-11-24/h1-2,5-9,12,19H,3-4,10-11,13-14H2,(H,23,26)/t19-/m0/s1. The van der Waals surface area contributed by atoms with Gasteiger partial charge >= 0.3 is 0 Å². The number of fused-ring (bicyclic) bond motifs is 1. The summed E-state index contributed by atoms with van der Waals surface area (Å²) in [5.41, 5.74) is 1.55. The van der Waals surface area contributed by atoms with Crippen molar-refractivity contribution in [1.82, 2.24) is 15.2 Å². The lowest BCUT2D eigenvalue weighted by atomic mass is 10.2. The summed E-state index contributed by atoms with van der Waals surface area (Å²) in [6.45, 7) is 1.59. The first-order valence-corrected chi connectivity index (χ1v) is 10.5. The molecule has 2 aliphatic rings. The van der Waals surface area contributed by atoms with Gasteiger partial charge in [0, 0.05) is 36.9 Å². The van der Waals surface area contributed by atoms with Gasteiger partial charge in [-0.25, -0.2) is 0 Å². The van der Waals surface area contributed by atoms with Crippen molar-refractivity contribution >= 4 is 35.2 Å². The fourth-order valence-electron chi connectivity index (χ4n) is 3.54. The van der Waals surface area contributed by atoms with Gasteiger partial charge < -0.3 is 15.1 Å². The number of para-hydroxylation sites is 1. The highest BCUT2D eigenvalue weighted by Crippen LogP contribution is 2.39. The smallest absolute Gasteiger partial charge is 0.250 e. The average Bonchev–Trinajstić information content (AvgIpc) is 3.29. The number of hydrogen-bond acceptors (Lipinski definition) is 5. The molecule has 7 nitrogen and oxygen atoms in total. The number of pyridine rings is 1. The van der Waals surface area contributed by atoms with E-state index >= 15 is 0 Å². The summed E-state index contributed by atoms with van der Waals surface area (Å²) >= 11 is 1.28. The molecule has 0 radical (unpaired) electrons. The number of aromatic nitrogens is 1. The predicted octanol–water partition coefficient (Wildman–Crippen LogP) is 1.83. The summed E-state index contributed by atoms with van der Waals surface area (Å²) in [5, 5.41) is 1.98. The zero-order chi connectivity index (χ0) is 20.2. The molecule has 0 bridgehead atoms. The summed E-state index contributed by atoms with van der Waals surface area (Å²) in [7, 11) is 0. The molecule has 3 heterocycles. The molecule has 1 N–H and O–H groups in total. The van der Waals surface area contributed by atoms with E-state index in [-0.39, 0.29) is 24.3 Å². The Hall–Kier alpha value is -2.87. The molecule has 1 aromatic heterocycles. The Morgan fingerprint density at radius 2 is 1.93 bits per heavy atom. The highest BCUT2D eigenvalue weighted by molar-refractivity contribution is 8.01. The monoisotopic (exact) mass is 410 g/mol. The zero-order valence-corrected chi connectivity index (χ0v) is 16.7. The highest BCUT2D eigenvalue weighted by atomic mass is 32.2. The normalized spacial score (nSPS) is 18.5. The van der Waals surface area contributed by atoms with Crippen LogP contribution in [0.5, 0.6) is 0 Å². The minimum atomic E-state index is -0.839. The zero-order valence-electron chi connectivity index (χ0n) is 15.9. The van der Waals surface area contributed by atoms with Crippen LogP contribution in [0.3, 0.4) is 0 Å². The van der Waals surface area contributed by atoms with Crippen molar-refractivity contribution in [2.45, 2.75) is 29.5 Å². The van der Waals surface area contributed by atoms with E-state index in [4.69, 9.17) is 0 Å². The van der Waals surface area contributed by atoms with E-state index < -0.39 is 5.25 Å². The molecule has 29 heavy (non-hydrogen) atoms. The number of hydrogen-bond donors (Lipinski definition) is 1. The molecule has 8 heteroatoms. The van der Waals surface area contributed by atoms with Crippen molar-refractivity contribution in [2.75, 3.05) is 24.5 Å². The molecule has 0 unspecified atom stereocenters. The van der Waals surface area contributed by atoms with Gasteiger partial charge in [0.1, 0.15) is 6.54 Å². The Bertz CT molecular complexity index is 915. The van der Waals surface area contributed by atoms with E-state index in [1.54, 1.807) is 23.4 Å². The van der Waals surface area contributed by atoms with E-state index in [1.165, 1.54) is 16.7 Å². The van der Waals surface area contributed by atoms with Crippen molar-refractivity contribution in [3.8, 4) is 0 Å². The fraction of sp³-hybridized carbons (Fsp3) is 0.333. The van der Waals surface area contributed by atoms with Crippen LogP contribution >= 0.6 is 11.8 Å². The molecular weight excluding hydrogens is 388 g/mol. The van der Waals surface area contributed by atoms with Crippen molar-refractivity contribution in [3.05, 3.63) is 54.4 Å². The van der Waals surface area contributed by atoms with E-state index in [9.17, 15) is 14.4 Å². The lowest BCUT2D eigenvalue weighted by Crippen LogP contribution is -2.51. The molecule has 1 saturated heterocycles. The van der Waals surface area contributed by atoms with Crippen molar-refractivity contribution in [2.24, 2.45) is 0 Å². The maximum Gasteiger partial charge on any atom is 0.250 e. The Morgan fingerprint density at radius 1 is 1.14 bits per heavy atom. The van der Waals surface area contributed by atoms with Gasteiger partial charge in [0.25, 0.3) is 5.91 Å². The number of likely N-dealkylation sites (tertiary alicyclic amines) is 1. The first kappa shape index (κ1) is 19.4. The molecule has 0 saturated carbocycles. The second kappa shape index (κ2) is 8.65. The van der Waals surface area contributed by atoms with Gasteiger partial charge in [-0.05, 0) is 36.6 Å². The van der Waals surface area contributed by atoms with Crippen molar-refractivity contribution in [3.63, 3.8) is 0 Å². The number of rotatable bonds is 5. The molecule has 1 fully saturated rings. The molecule has 2 aromatic rings. The molecule has 0 spiro atoms. The first-order chi connectivity index (χ1) is 14.1. The largest absolute Gasteiger partial charge is 0.350 e. The Morgan fingerprint density at radius 3 is 2.69 bits per heavy atom. The molecule has 3 amide bonds. The maximum atomic E-state index is 13.2. The van der Waals surface area contributed by atoms with Gasteiger partial charge in [-0.3, -0.25) is 19.4 Å². The van der Waals surface area contributed by atoms with E-state index in [0.717, 1.165) is 23.3 Å². The second-order valence-electron chi connectivity index (χ2n) is 7.06. The topological polar surface area (TPSA) is 82.6 Å². The molecule has 0 aliphatic carbocycles. The summed E-state index contributed by atoms with van der Waals surface area (Å²) in [5.74, 6) is -0.772. The number of nitrogens with one attached hydrogen (secondary N) is 1. The number of thioether (sulfide) groups is 1. The van der Waals surface area contributed by atoms with Crippen molar-refractivity contribution < 1.29 is 14.4 Å². The first-order valence-electron chi connectivity index (χ1n) is 9.65. The van der Waals surface area contributed by atoms with E-state index in [1.807, 2.05) is 30.3 Å². The second-order valence-corrected chi connectivity index (χ2v) is 8.21. The SMILES string of the molecule is O=C(CN1C(=O)[C@H](C(=O)N2CCCC2)Sc2ccccc21)NCc1cccnc1. The third kappa shape index (κ3) is 4.27. The van der Waals surface area contributed by atoms with Crippen LogP contribution in [0.2, 0.25) is 0 Å². The van der Waals surface area contributed by atoms with Gasteiger partial charge in [-0.2, -0.15) is 0 Å². The van der Waals surface area contributed by atoms with Crippen LogP contribution in [0.15, 0.2) is 53.7 Å². The Kier molecular flexibility index (Phi) is 5.80. The van der Waals surface area contributed by atoms with Crippen LogP contribution in [0.25, 0.3) is 0 Å². The van der Waals surface area contributed by atoms with Crippen LogP contribution in [0.1, 0.15) is 18.4 Å². The molecule has 1 atom stereocenters. The highest BCUT2D eigenvalue weighted by Gasteiger charge is 2.41. The van der Waals surface area contributed by atoms with Gasteiger partial charge in [0.15, 0.2) is 5.25 Å². The summed E-state index contributed by atoms with van der Waals surface area (Å²) in [6, 6.07) is 11.1. The summed E-state index contributed by atoms with van der Waals surface area (Å²) in [6.07, 6.45) is 5.29. The minimum Gasteiger partial charge on any atom is -0.350 e. The number of anilines is 1. The van der Waals surface area contributed by atoms with Crippen molar-refractivity contribution in [1.29, 1.82) is 0 Å². The van der Waals surface area contributed by atoms with Gasteiger partial charge in [0.2, 0.25) is 11.8 Å².